The number of pyridine rings is 1. The van der Waals surface area contributed by atoms with Crippen LogP contribution in [0.3, 0.4) is 0 Å². The van der Waals surface area contributed by atoms with Crippen LogP contribution >= 0.6 is 0 Å². The zero-order valence-electron chi connectivity index (χ0n) is 14.6. The molecule has 4 heteroatoms. The predicted octanol–water partition coefficient (Wildman–Crippen LogP) is 4.12. The van der Waals surface area contributed by atoms with Crippen molar-refractivity contribution < 1.29 is 9.90 Å². The van der Waals surface area contributed by atoms with Gasteiger partial charge in [0.05, 0.1) is 23.2 Å². The number of hydrogen-bond acceptors (Lipinski definition) is 3. The molecule has 1 aromatic heterocycles. The van der Waals surface area contributed by atoms with Gasteiger partial charge < -0.3 is 5.11 Å². The summed E-state index contributed by atoms with van der Waals surface area (Å²) in [4.78, 5) is 18.7. The highest BCUT2D eigenvalue weighted by Gasteiger charge is 2.31. The molecule has 2 heterocycles. The second-order valence-corrected chi connectivity index (χ2v) is 6.91. The predicted molar refractivity (Wildman–Crippen MR) is 102 cm³/mol. The lowest BCUT2D eigenvalue weighted by Gasteiger charge is -2.37. The first-order chi connectivity index (χ1) is 12.7. The van der Waals surface area contributed by atoms with E-state index in [1.165, 1.54) is 0 Å². The third kappa shape index (κ3) is 3.33. The van der Waals surface area contributed by atoms with Crippen molar-refractivity contribution in [2.45, 2.75) is 18.9 Å². The van der Waals surface area contributed by atoms with Crippen LogP contribution in [0.15, 0.2) is 66.7 Å². The van der Waals surface area contributed by atoms with Crippen molar-refractivity contribution in [2.24, 2.45) is 5.92 Å². The minimum atomic E-state index is -0.701. The van der Waals surface area contributed by atoms with E-state index in [0.29, 0.717) is 6.54 Å². The summed E-state index contributed by atoms with van der Waals surface area (Å²) in [6.45, 7) is 1.45. The summed E-state index contributed by atoms with van der Waals surface area (Å²) in [5.74, 6) is -1.01. The lowest BCUT2D eigenvalue weighted by atomic mass is 9.93. The van der Waals surface area contributed by atoms with Gasteiger partial charge in [0.2, 0.25) is 0 Å². The molecule has 4 nitrogen and oxygen atoms in total. The van der Waals surface area contributed by atoms with E-state index in [-0.39, 0.29) is 12.0 Å². The molecule has 0 aliphatic carbocycles. The maximum absolute atomic E-state index is 11.5. The topological polar surface area (TPSA) is 53.4 Å². The molecule has 0 radical (unpaired) electrons. The van der Waals surface area contributed by atoms with Crippen LogP contribution in [0.4, 0.5) is 0 Å². The largest absolute Gasteiger partial charge is 0.481 e. The normalized spacial score (nSPS) is 19.3. The molecule has 1 aliphatic heterocycles. The molecular formula is C22H22N2O2. The summed E-state index contributed by atoms with van der Waals surface area (Å²) >= 11 is 0. The minimum absolute atomic E-state index is 0.0250. The summed E-state index contributed by atoms with van der Waals surface area (Å²) in [5.41, 5.74) is 3.10. The molecule has 2 unspecified atom stereocenters. The number of piperidine rings is 1. The summed E-state index contributed by atoms with van der Waals surface area (Å²) in [6, 6.07) is 22.5. The van der Waals surface area contributed by atoms with Gasteiger partial charge in [-0.3, -0.25) is 14.7 Å². The van der Waals surface area contributed by atoms with Gasteiger partial charge in [0.25, 0.3) is 0 Å². The fourth-order valence-corrected chi connectivity index (χ4v) is 3.88. The van der Waals surface area contributed by atoms with Gasteiger partial charge in [0.1, 0.15) is 0 Å². The Kier molecular flexibility index (Phi) is 4.67. The maximum atomic E-state index is 11.5. The first kappa shape index (κ1) is 16.7. The number of hydrogen-bond donors (Lipinski definition) is 1. The molecule has 1 saturated heterocycles. The Morgan fingerprint density at radius 3 is 2.62 bits per heavy atom. The van der Waals surface area contributed by atoms with Crippen molar-refractivity contribution in [1.29, 1.82) is 0 Å². The molecule has 2 atom stereocenters. The van der Waals surface area contributed by atoms with E-state index in [1.807, 2.05) is 36.4 Å². The van der Waals surface area contributed by atoms with E-state index in [9.17, 15) is 9.90 Å². The van der Waals surface area contributed by atoms with E-state index in [4.69, 9.17) is 4.98 Å². The average molecular weight is 346 g/mol. The molecule has 1 N–H and O–H groups in total. The molecule has 0 saturated carbocycles. The molecule has 0 bridgehead atoms. The van der Waals surface area contributed by atoms with Crippen molar-refractivity contribution in [2.75, 3.05) is 13.1 Å². The quantitative estimate of drug-likeness (QED) is 0.772. The molecule has 3 aromatic rings. The highest BCUT2D eigenvalue weighted by molar-refractivity contribution is 5.78. The van der Waals surface area contributed by atoms with Gasteiger partial charge in [-0.25, -0.2) is 0 Å². The zero-order valence-corrected chi connectivity index (χ0v) is 14.6. The number of carbonyl (C=O) groups is 1. The minimum Gasteiger partial charge on any atom is -0.481 e. The fraction of sp³-hybridized carbons (Fsp3) is 0.273. The molecule has 1 aliphatic rings. The molecule has 0 amide bonds. The highest BCUT2D eigenvalue weighted by Crippen LogP contribution is 2.32. The summed E-state index contributed by atoms with van der Waals surface area (Å²) in [7, 11) is 0. The van der Waals surface area contributed by atoms with Gasteiger partial charge in [-0.05, 0) is 37.1 Å². The van der Waals surface area contributed by atoms with Crippen LogP contribution in [-0.2, 0) is 4.79 Å². The summed E-state index contributed by atoms with van der Waals surface area (Å²) in [6.07, 6.45) is 1.65. The van der Waals surface area contributed by atoms with Crippen LogP contribution in [0.25, 0.3) is 10.9 Å². The molecule has 2 aromatic carbocycles. The van der Waals surface area contributed by atoms with Gasteiger partial charge in [0.15, 0.2) is 0 Å². The van der Waals surface area contributed by atoms with Gasteiger partial charge >= 0.3 is 5.97 Å². The third-order valence-electron chi connectivity index (χ3n) is 5.18. The maximum Gasteiger partial charge on any atom is 0.307 e. The van der Waals surface area contributed by atoms with Crippen LogP contribution in [0, 0.1) is 5.92 Å². The van der Waals surface area contributed by atoms with Crippen molar-refractivity contribution in [1.82, 2.24) is 9.88 Å². The zero-order chi connectivity index (χ0) is 17.9. The van der Waals surface area contributed by atoms with Gasteiger partial charge in [0, 0.05) is 11.9 Å². The SMILES string of the molecule is O=C(O)C1CCCN(C(c2ccccc2)c2ccc3ccccc3n2)C1. The number of fused-ring (bicyclic) bond motifs is 1. The van der Waals surface area contributed by atoms with Gasteiger partial charge in [-0.2, -0.15) is 0 Å². The van der Waals surface area contributed by atoms with Crippen molar-refractivity contribution in [3.63, 3.8) is 0 Å². The second kappa shape index (κ2) is 7.26. The Morgan fingerprint density at radius 2 is 1.81 bits per heavy atom. The summed E-state index contributed by atoms with van der Waals surface area (Å²) < 4.78 is 0. The van der Waals surface area contributed by atoms with Crippen molar-refractivity contribution in [3.05, 3.63) is 78.0 Å². The first-order valence-corrected chi connectivity index (χ1v) is 9.10. The molecule has 1 fully saturated rings. The van der Waals surface area contributed by atoms with Crippen LogP contribution in [0.1, 0.15) is 30.1 Å². The van der Waals surface area contributed by atoms with Crippen molar-refractivity contribution in [3.8, 4) is 0 Å². The van der Waals surface area contributed by atoms with E-state index in [1.54, 1.807) is 0 Å². The van der Waals surface area contributed by atoms with E-state index in [0.717, 1.165) is 41.5 Å². The Hall–Kier alpha value is -2.72. The number of aromatic nitrogens is 1. The Labute approximate surface area is 153 Å². The standard InChI is InChI=1S/C22H22N2O2/c25-22(26)18-10-6-14-24(15-18)21(17-8-2-1-3-9-17)20-13-12-16-7-4-5-11-19(16)23-20/h1-5,7-9,11-13,18,21H,6,10,14-15H2,(H,25,26). The first-order valence-electron chi connectivity index (χ1n) is 9.10. The monoisotopic (exact) mass is 346 g/mol. The van der Waals surface area contributed by atoms with Crippen LogP contribution in [0.2, 0.25) is 0 Å². The van der Waals surface area contributed by atoms with Crippen LogP contribution in [0.5, 0.6) is 0 Å². The Balaban J connectivity index is 1.76. The van der Waals surface area contributed by atoms with E-state index in [2.05, 4.69) is 35.2 Å². The number of benzene rings is 2. The molecular weight excluding hydrogens is 324 g/mol. The van der Waals surface area contributed by atoms with E-state index < -0.39 is 5.97 Å². The number of para-hydroxylation sites is 1. The summed E-state index contributed by atoms with van der Waals surface area (Å²) in [5, 5.41) is 10.6. The number of nitrogens with zero attached hydrogens (tertiary/aromatic N) is 2. The molecule has 0 spiro atoms. The van der Waals surface area contributed by atoms with Gasteiger partial charge in [-0.15, -0.1) is 0 Å². The second-order valence-electron chi connectivity index (χ2n) is 6.91. The smallest absolute Gasteiger partial charge is 0.307 e. The third-order valence-corrected chi connectivity index (χ3v) is 5.18. The van der Waals surface area contributed by atoms with Crippen LogP contribution in [-0.4, -0.2) is 34.0 Å². The number of aliphatic carboxylic acids is 1. The Morgan fingerprint density at radius 1 is 1.04 bits per heavy atom. The number of rotatable bonds is 4. The lowest BCUT2D eigenvalue weighted by molar-refractivity contribution is -0.143. The average Bonchev–Trinajstić information content (AvgIpc) is 2.69. The highest BCUT2D eigenvalue weighted by atomic mass is 16.4. The van der Waals surface area contributed by atoms with Crippen LogP contribution < -0.4 is 0 Å². The Bertz CT molecular complexity index is 910. The molecule has 26 heavy (non-hydrogen) atoms. The fourth-order valence-electron chi connectivity index (χ4n) is 3.88. The number of carboxylic acids is 1. The lowest BCUT2D eigenvalue weighted by Crippen LogP contribution is -2.41. The number of carboxylic acid groups (broad SMARTS) is 1. The molecule has 132 valence electrons. The molecule has 4 rings (SSSR count). The van der Waals surface area contributed by atoms with Gasteiger partial charge in [-0.1, -0.05) is 54.6 Å². The van der Waals surface area contributed by atoms with Crippen molar-refractivity contribution >= 4 is 16.9 Å². The van der Waals surface area contributed by atoms with E-state index >= 15 is 0 Å². The number of likely N-dealkylation sites (tertiary alicyclic amines) is 1.